The second-order valence-electron chi connectivity index (χ2n) is 7.41. The van der Waals surface area contributed by atoms with E-state index in [1.54, 1.807) is 22.2 Å². The normalized spacial score (nSPS) is 11.6. The first-order valence-electron chi connectivity index (χ1n) is 10.4. The van der Waals surface area contributed by atoms with Crippen molar-refractivity contribution in [2.24, 2.45) is 0 Å². The van der Waals surface area contributed by atoms with Crippen molar-refractivity contribution in [1.82, 2.24) is 24.6 Å². The molecule has 4 aromatic heterocycles. The van der Waals surface area contributed by atoms with Crippen molar-refractivity contribution in [2.75, 3.05) is 13.2 Å². The van der Waals surface area contributed by atoms with Gasteiger partial charge in [0.15, 0.2) is 23.0 Å². The predicted molar refractivity (Wildman–Crippen MR) is 123 cm³/mol. The van der Waals surface area contributed by atoms with Crippen LogP contribution in [0.5, 0.6) is 11.5 Å². The molecule has 0 fully saturated rings. The third-order valence-electron chi connectivity index (χ3n) is 5.11. The lowest BCUT2D eigenvalue weighted by Gasteiger charge is -2.11. The van der Waals surface area contributed by atoms with Gasteiger partial charge >= 0.3 is 0 Å². The summed E-state index contributed by atoms with van der Waals surface area (Å²) in [5.74, 6) is 2.24. The molecule has 0 amide bonds. The molecule has 0 aliphatic carbocycles. The third-order valence-corrected chi connectivity index (χ3v) is 6.18. The van der Waals surface area contributed by atoms with Crippen LogP contribution < -0.4 is 9.47 Å². The van der Waals surface area contributed by atoms with Crippen molar-refractivity contribution in [3.63, 3.8) is 0 Å². The zero-order valence-corrected chi connectivity index (χ0v) is 18.8. The van der Waals surface area contributed by atoms with E-state index in [0.29, 0.717) is 19.6 Å². The molecule has 5 rings (SSSR count). The number of aryl methyl sites for hydroxylation is 2. The Morgan fingerprint density at radius 3 is 2.61 bits per heavy atom. The van der Waals surface area contributed by atoms with Gasteiger partial charge in [-0.25, -0.2) is 19.5 Å². The van der Waals surface area contributed by atoms with Gasteiger partial charge in [0.05, 0.1) is 18.7 Å². The predicted octanol–water partition coefficient (Wildman–Crippen LogP) is 4.89. The van der Waals surface area contributed by atoms with E-state index in [1.807, 2.05) is 39.0 Å². The Morgan fingerprint density at radius 1 is 1.00 bits per heavy atom. The van der Waals surface area contributed by atoms with E-state index < -0.39 is 0 Å². The van der Waals surface area contributed by atoms with Crippen LogP contribution in [-0.2, 0) is 6.42 Å². The van der Waals surface area contributed by atoms with Crippen LogP contribution in [0, 0.1) is 13.8 Å². The summed E-state index contributed by atoms with van der Waals surface area (Å²) in [5, 5.41) is 5.76. The summed E-state index contributed by atoms with van der Waals surface area (Å²) in [5.41, 5.74) is 5.02. The van der Waals surface area contributed by atoms with Crippen LogP contribution in [0.15, 0.2) is 30.6 Å². The molecule has 0 N–H and O–H groups in total. The maximum atomic E-state index is 5.75. The number of nitrogens with zero attached hydrogens (tertiary/aromatic N) is 5. The molecular weight excluding hydrogens is 410 g/mol. The van der Waals surface area contributed by atoms with Gasteiger partial charge in [0.1, 0.15) is 15.9 Å². The first-order chi connectivity index (χ1) is 15.1. The fraction of sp³-hybridized carbons (Fsp3) is 0.304. The molecule has 31 heavy (non-hydrogen) atoms. The molecule has 1 aromatic carbocycles. The number of thiophene rings is 1. The monoisotopic (exact) mass is 433 g/mol. The number of ether oxygens (including phenoxy) is 2. The molecule has 7 nitrogen and oxygen atoms in total. The quantitative estimate of drug-likeness (QED) is 0.379. The van der Waals surface area contributed by atoms with Gasteiger partial charge in [0.25, 0.3) is 0 Å². The first-order valence-corrected chi connectivity index (χ1v) is 11.2. The summed E-state index contributed by atoms with van der Waals surface area (Å²) >= 11 is 1.62. The Bertz CT molecular complexity index is 1420. The molecule has 0 radical (unpaired) electrons. The summed E-state index contributed by atoms with van der Waals surface area (Å²) < 4.78 is 14.2. The third kappa shape index (κ3) is 3.46. The smallest absolute Gasteiger partial charge is 0.176 e. The Hall–Kier alpha value is -3.26. The molecule has 158 valence electrons. The van der Waals surface area contributed by atoms with Crippen molar-refractivity contribution >= 4 is 37.4 Å². The van der Waals surface area contributed by atoms with Gasteiger partial charge in [0, 0.05) is 17.5 Å². The summed E-state index contributed by atoms with van der Waals surface area (Å²) in [6, 6.07) is 8.08. The molecule has 0 aliphatic rings. The molecule has 0 atom stereocenters. The molecule has 0 spiro atoms. The molecular formula is C23H23N5O2S. The largest absolute Gasteiger partial charge is 0.490 e. The van der Waals surface area contributed by atoms with E-state index in [-0.39, 0.29) is 0 Å². The number of rotatable bonds is 6. The molecule has 5 aromatic rings. The molecule has 0 bridgehead atoms. The fourth-order valence-corrected chi connectivity index (χ4v) is 5.10. The second-order valence-corrected chi connectivity index (χ2v) is 8.40. The van der Waals surface area contributed by atoms with E-state index in [1.165, 1.54) is 5.56 Å². The summed E-state index contributed by atoms with van der Waals surface area (Å²) in [7, 11) is 0. The van der Waals surface area contributed by atoms with E-state index in [0.717, 1.165) is 54.7 Å². The summed E-state index contributed by atoms with van der Waals surface area (Å²) in [6.45, 7) is 9.23. The van der Waals surface area contributed by atoms with Crippen molar-refractivity contribution in [3.8, 4) is 11.5 Å². The number of hydrogen-bond donors (Lipinski definition) is 0. The highest BCUT2D eigenvalue weighted by molar-refractivity contribution is 7.26. The minimum absolute atomic E-state index is 0.582. The minimum atomic E-state index is 0.582. The number of fused-ring (bicyclic) bond motifs is 5. The summed E-state index contributed by atoms with van der Waals surface area (Å²) in [4.78, 5) is 15.2. The lowest BCUT2D eigenvalue weighted by atomic mass is 10.1. The van der Waals surface area contributed by atoms with E-state index in [4.69, 9.17) is 19.4 Å². The highest BCUT2D eigenvalue weighted by Crippen LogP contribution is 2.35. The first kappa shape index (κ1) is 19.7. The topological polar surface area (TPSA) is 74.4 Å². The molecule has 0 saturated heterocycles. The fourth-order valence-electron chi connectivity index (χ4n) is 3.88. The molecule has 4 heterocycles. The highest BCUT2D eigenvalue weighted by atomic mass is 32.1. The molecule has 8 heteroatoms. The van der Waals surface area contributed by atoms with E-state index in [9.17, 15) is 0 Å². The molecule has 0 unspecified atom stereocenters. The Kier molecular flexibility index (Phi) is 4.94. The van der Waals surface area contributed by atoms with Crippen molar-refractivity contribution in [2.45, 2.75) is 34.1 Å². The van der Waals surface area contributed by atoms with Crippen LogP contribution in [0.4, 0.5) is 0 Å². The second kappa shape index (κ2) is 7.77. The van der Waals surface area contributed by atoms with E-state index in [2.05, 4.69) is 23.1 Å². The SMILES string of the molecule is CCOc1ccc(Cc2nc3c4sc5nc(C)cc(C)c5c4ncn3n2)cc1OCC. The van der Waals surface area contributed by atoms with Crippen LogP contribution >= 0.6 is 11.3 Å². The van der Waals surface area contributed by atoms with Gasteiger partial charge in [-0.05, 0) is 57.0 Å². The van der Waals surface area contributed by atoms with Gasteiger partial charge < -0.3 is 9.47 Å². The van der Waals surface area contributed by atoms with Crippen molar-refractivity contribution < 1.29 is 9.47 Å². The van der Waals surface area contributed by atoms with Crippen LogP contribution in [0.2, 0.25) is 0 Å². The number of benzene rings is 1. The van der Waals surface area contributed by atoms with Crippen LogP contribution in [0.1, 0.15) is 36.5 Å². The van der Waals surface area contributed by atoms with Gasteiger partial charge in [0.2, 0.25) is 0 Å². The van der Waals surface area contributed by atoms with Crippen molar-refractivity contribution in [1.29, 1.82) is 0 Å². The number of hydrogen-bond acceptors (Lipinski definition) is 7. The lowest BCUT2D eigenvalue weighted by molar-refractivity contribution is 0.287. The average molecular weight is 434 g/mol. The Balaban J connectivity index is 1.56. The Labute approximate surface area is 183 Å². The van der Waals surface area contributed by atoms with Gasteiger partial charge in [-0.15, -0.1) is 16.4 Å². The van der Waals surface area contributed by atoms with Crippen LogP contribution in [-0.4, -0.2) is 37.8 Å². The zero-order valence-electron chi connectivity index (χ0n) is 18.0. The van der Waals surface area contributed by atoms with Gasteiger partial charge in [-0.3, -0.25) is 0 Å². The van der Waals surface area contributed by atoms with Crippen LogP contribution in [0.3, 0.4) is 0 Å². The van der Waals surface area contributed by atoms with Crippen LogP contribution in [0.25, 0.3) is 26.1 Å². The minimum Gasteiger partial charge on any atom is -0.490 e. The highest BCUT2D eigenvalue weighted by Gasteiger charge is 2.17. The maximum absolute atomic E-state index is 5.75. The number of aromatic nitrogens is 5. The lowest BCUT2D eigenvalue weighted by Crippen LogP contribution is -2.00. The van der Waals surface area contributed by atoms with Crippen molar-refractivity contribution in [3.05, 3.63) is 53.2 Å². The molecule has 0 aliphatic heterocycles. The number of pyridine rings is 1. The van der Waals surface area contributed by atoms with Gasteiger partial charge in [-0.1, -0.05) is 6.07 Å². The van der Waals surface area contributed by atoms with Gasteiger partial charge in [-0.2, -0.15) is 0 Å². The standard InChI is InChI=1S/C23H23N5O2S/c1-5-29-16-8-7-15(10-17(16)30-6-2)11-18-26-22-21-20(24-12-28(22)27-18)19-13(3)9-14(4)25-23(19)31-21/h7-10,12H,5-6,11H2,1-4H3. The maximum Gasteiger partial charge on any atom is 0.176 e. The zero-order chi connectivity index (χ0) is 21.5. The summed E-state index contributed by atoms with van der Waals surface area (Å²) in [6.07, 6.45) is 2.33. The van der Waals surface area contributed by atoms with E-state index >= 15 is 0 Å². The Morgan fingerprint density at radius 2 is 1.81 bits per heavy atom. The average Bonchev–Trinajstić information content (AvgIpc) is 3.30. The molecule has 0 saturated carbocycles.